The summed E-state index contributed by atoms with van der Waals surface area (Å²) in [5.41, 5.74) is 2.99. The average molecular weight is 440 g/mol. The number of anilines is 1. The number of hydrogen-bond acceptors (Lipinski definition) is 4. The van der Waals surface area contributed by atoms with E-state index in [4.69, 9.17) is 44.1 Å². The summed E-state index contributed by atoms with van der Waals surface area (Å²) in [6, 6.07) is 10.3. The third-order valence-electron chi connectivity index (χ3n) is 4.14. The largest absolute Gasteiger partial charge is 0.489 e. The van der Waals surface area contributed by atoms with Gasteiger partial charge in [0.15, 0.2) is 0 Å². The van der Waals surface area contributed by atoms with Gasteiger partial charge in [-0.05, 0) is 43.7 Å². The molecule has 0 spiro atoms. The number of benzene rings is 2. The molecule has 0 atom stereocenters. The van der Waals surface area contributed by atoms with Crippen LogP contribution in [0.3, 0.4) is 0 Å². The Balaban J connectivity index is 1.58. The van der Waals surface area contributed by atoms with Crippen molar-refractivity contribution in [1.29, 1.82) is 0 Å². The van der Waals surface area contributed by atoms with E-state index in [9.17, 15) is 4.79 Å². The van der Waals surface area contributed by atoms with Crippen LogP contribution in [0.15, 0.2) is 40.9 Å². The first-order valence-electron chi connectivity index (χ1n) is 8.41. The predicted molar refractivity (Wildman–Crippen MR) is 111 cm³/mol. The quantitative estimate of drug-likeness (QED) is 0.478. The number of hydrogen-bond donors (Lipinski definition) is 1. The molecule has 1 amide bonds. The summed E-state index contributed by atoms with van der Waals surface area (Å²) in [7, 11) is 0. The third kappa shape index (κ3) is 4.98. The van der Waals surface area contributed by atoms with Crippen molar-refractivity contribution in [3.63, 3.8) is 0 Å². The van der Waals surface area contributed by atoms with Crippen molar-refractivity contribution in [1.82, 2.24) is 5.16 Å². The van der Waals surface area contributed by atoms with Crippen LogP contribution in [0.2, 0.25) is 15.1 Å². The highest BCUT2D eigenvalue weighted by Crippen LogP contribution is 2.32. The van der Waals surface area contributed by atoms with Crippen molar-refractivity contribution in [3.8, 4) is 5.75 Å². The SMILES string of the molecule is Cc1noc(C)c1COc1ccc(CC(=O)Nc2cc(Cl)c(Cl)cc2Cl)cc1. The lowest BCUT2D eigenvalue weighted by Gasteiger charge is -2.10. The monoisotopic (exact) mass is 438 g/mol. The molecule has 1 heterocycles. The molecule has 1 aromatic heterocycles. The van der Waals surface area contributed by atoms with Gasteiger partial charge >= 0.3 is 0 Å². The van der Waals surface area contributed by atoms with E-state index in [0.717, 1.165) is 22.6 Å². The smallest absolute Gasteiger partial charge is 0.228 e. The Kier molecular flexibility index (Phi) is 6.50. The fraction of sp³-hybridized carbons (Fsp3) is 0.200. The van der Waals surface area contributed by atoms with Crippen LogP contribution in [0.25, 0.3) is 0 Å². The first-order chi connectivity index (χ1) is 13.3. The van der Waals surface area contributed by atoms with Crippen LogP contribution in [0, 0.1) is 13.8 Å². The van der Waals surface area contributed by atoms with Gasteiger partial charge in [-0.3, -0.25) is 4.79 Å². The maximum absolute atomic E-state index is 12.3. The molecule has 3 rings (SSSR count). The fourth-order valence-electron chi connectivity index (χ4n) is 2.57. The lowest BCUT2D eigenvalue weighted by molar-refractivity contribution is -0.115. The molecule has 8 heteroatoms. The number of carbonyl (C=O) groups is 1. The van der Waals surface area contributed by atoms with Gasteiger partial charge in [-0.1, -0.05) is 52.1 Å². The summed E-state index contributed by atoms with van der Waals surface area (Å²) < 4.78 is 10.9. The van der Waals surface area contributed by atoms with E-state index in [0.29, 0.717) is 33.1 Å². The van der Waals surface area contributed by atoms with E-state index in [1.807, 2.05) is 38.1 Å². The van der Waals surface area contributed by atoms with Crippen molar-refractivity contribution in [2.45, 2.75) is 26.9 Å². The number of halogens is 3. The van der Waals surface area contributed by atoms with Crippen LogP contribution in [0.1, 0.15) is 22.6 Å². The number of nitrogens with one attached hydrogen (secondary N) is 1. The van der Waals surface area contributed by atoms with E-state index in [1.165, 1.54) is 12.1 Å². The molecule has 0 radical (unpaired) electrons. The standard InChI is InChI=1S/C20H17Cl3N2O3/c1-11-15(12(2)28-25-11)10-27-14-5-3-13(4-6-14)7-20(26)24-19-9-17(22)16(21)8-18(19)23/h3-6,8-9H,7,10H2,1-2H3,(H,24,26). The van der Waals surface area contributed by atoms with E-state index in [1.54, 1.807) is 0 Å². The maximum Gasteiger partial charge on any atom is 0.228 e. The van der Waals surface area contributed by atoms with Crippen molar-refractivity contribution < 1.29 is 14.1 Å². The molecule has 0 aliphatic carbocycles. The number of aromatic nitrogens is 1. The predicted octanol–water partition coefficient (Wildman–Crippen LogP) is 6.01. The maximum atomic E-state index is 12.3. The van der Waals surface area contributed by atoms with E-state index < -0.39 is 0 Å². The minimum absolute atomic E-state index is 0.181. The molecule has 0 bridgehead atoms. The van der Waals surface area contributed by atoms with Gasteiger partial charge in [0.2, 0.25) is 5.91 Å². The molecule has 28 heavy (non-hydrogen) atoms. The molecule has 0 aliphatic rings. The highest BCUT2D eigenvalue weighted by Gasteiger charge is 2.11. The molecule has 0 aliphatic heterocycles. The Labute approximate surface area is 177 Å². The van der Waals surface area contributed by atoms with Crippen LogP contribution < -0.4 is 10.1 Å². The fourth-order valence-corrected chi connectivity index (χ4v) is 3.16. The molecule has 0 unspecified atom stereocenters. The minimum Gasteiger partial charge on any atom is -0.489 e. The lowest BCUT2D eigenvalue weighted by Crippen LogP contribution is -2.14. The number of nitrogens with zero attached hydrogens (tertiary/aromatic N) is 1. The Bertz CT molecular complexity index is 981. The lowest BCUT2D eigenvalue weighted by atomic mass is 10.1. The first-order valence-corrected chi connectivity index (χ1v) is 9.54. The molecule has 5 nitrogen and oxygen atoms in total. The van der Waals surface area contributed by atoms with Crippen LogP contribution in [0.5, 0.6) is 5.75 Å². The van der Waals surface area contributed by atoms with Crippen LogP contribution in [-0.4, -0.2) is 11.1 Å². The van der Waals surface area contributed by atoms with E-state index in [-0.39, 0.29) is 12.3 Å². The average Bonchev–Trinajstić information content (AvgIpc) is 2.97. The Morgan fingerprint density at radius 1 is 1.07 bits per heavy atom. The number of aryl methyl sites for hydroxylation is 2. The van der Waals surface area contributed by atoms with Gasteiger partial charge in [-0.25, -0.2) is 0 Å². The summed E-state index contributed by atoms with van der Waals surface area (Å²) in [6.45, 7) is 4.09. The van der Waals surface area contributed by atoms with Crippen LogP contribution in [0.4, 0.5) is 5.69 Å². The molecule has 0 fully saturated rings. The number of ether oxygens (including phenoxy) is 1. The molecule has 0 saturated carbocycles. The number of rotatable bonds is 6. The molecular weight excluding hydrogens is 423 g/mol. The highest BCUT2D eigenvalue weighted by molar-refractivity contribution is 6.44. The summed E-state index contributed by atoms with van der Waals surface area (Å²) in [4.78, 5) is 12.3. The summed E-state index contributed by atoms with van der Waals surface area (Å²) in [6.07, 6.45) is 0.181. The zero-order valence-electron chi connectivity index (χ0n) is 15.2. The van der Waals surface area contributed by atoms with Crippen molar-refractivity contribution in [3.05, 3.63) is 74.0 Å². The van der Waals surface area contributed by atoms with Gasteiger partial charge in [0.25, 0.3) is 0 Å². The van der Waals surface area contributed by atoms with Gasteiger partial charge in [0.1, 0.15) is 18.1 Å². The summed E-state index contributed by atoms with van der Waals surface area (Å²) in [5.74, 6) is 1.22. The summed E-state index contributed by atoms with van der Waals surface area (Å²) >= 11 is 17.9. The zero-order valence-corrected chi connectivity index (χ0v) is 17.5. The van der Waals surface area contributed by atoms with Gasteiger partial charge in [-0.15, -0.1) is 0 Å². The van der Waals surface area contributed by atoms with Crippen molar-refractivity contribution in [2.75, 3.05) is 5.32 Å². The van der Waals surface area contributed by atoms with Crippen LogP contribution in [-0.2, 0) is 17.8 Å². The normalized spacial score (nSPS) is 10.8. The molecule has 3 aromatic rings. The first kappa shape index (κ1) is 20.5. The summed E-state index contributed by atoms with van der Waals surface area (Å²) in [5, 5.41) is 7.61. The Morgan fingerprint density at radius 3 is 2.39 bits per heavy atom. The van der Waals surface area contributed by atoms with Gasteiger partial charge < -0.3 is 14.6 Å². The second kappa shape index (κ2) is 8.86. The number of carbonyl (C=O) groups excluding carboxylic acids is 1. The molecule has 146 valence electrons. The Hall–Kier alpha value is -2.21. The Morgan fingerprint density at radius 2 is 1.75 bits per heavy atom. The molecule has 0 saturated heterocycles. The number of amides is 1. The topological polar surface area (TPSA) is 64.4 Å². The van der Waals surface area contributed by atoms with Gasteiger partial charge in [0, 0.05) is 0 Å². The van der Waals surface area contributed by atoms with Crippen LogP contribution >= 0.6 is 34.8 Å². The highest BCUT2D eigenvalue weighted by atomic mass is 35.5. The van der Waals surface area contributed by atoms with Gasteiger partial charge in [0.05, 0.1) is 38.4 Å². The zero-order chi connectivity index (χ0) is 20.3. The van der Waals surface area contributed by atoms with Crippen molar-refractivity contribution in [2.24, 2.45) is 0 Å². The van der Waals surface area contributed by atoms with Crippen molar-refractivity contribution >= 4 is 46.4 Å². The second-order valence-corrected chi connectivity index (χ2v) is 7.43. The molecular formula is C20H17Cl3N2O3. The second-order valence-electron chi connectivity index (χ2n) is 6.21. The van der Waals surface area contributed by atoms with Gasteiger partial charge in [-0.2, -0.15) is 0 Å². The third-order valence-corrected chi connectivity index (χ3v) is 5.17. The van der Waals surface area contributed by atoms with E-state index >= 15 is 0 Å². The molecule has 1 N–H and O–H groups in total. The molecule has 2 aromatic carbocycles. The minimum atomic E-state index is -0.218. The van der Waals surface area contributed by atoms with E-state index in [2.05, 4.69) is 10.5 Å².